The van der Waals surface area contributed by atoms with Crippen molar-refractivity contribution in [3.05, 3.63) is 0 Å². The van der Waals surface area contributed by atoms with Crippen LogP contribution in [0.4, 0.5) is 0 Å². The minimum Gasteiger partial charge on any atom is -0.353 e. The number of carbonyl (C=O) groups is 1. The fourth-order valence-corrected chi connectivity index (χ4v) is 2.49. The lowest BCUT2D eigenvalue weighted by atomic mass is 9.95. The van der Waals surface area contributed by atoms with Crippen LogP contribution in [0.2, 0.25) is 0 Å². The van der Waals surface area contributed by atoms with Gasteiger partial charge in [-0.2, -0.15) is 0 Å². The van der Waals surface area contributed by atoms with Crippen LogP contribution in [0, 0.1) is 0 Å². The van der Waals surface area contributed by atoms with Crippen molar-refractivity contribution in [1.29, 1.82) is 0 Å². The van der Waals surface area contributed by atoms with E-state index in [9.17, 15) is 4.79 Å². The van der Waals surface area contributed by atoms with Crippen molar-refractivity contribution in [2.75, 3.05) is 0 Å². The number of rotatable bonds is 1. The quantitative estimate of drug-likeness (QED) is 0.570. The number of hydrogen-bond donors (Lipinski definition) is 1. The van der Waals surface area contributed by atoms with Crippen molar-refractivity contribution in [2.45, 2.75) is 42.6 Å². The number of nitrogens with one attached hydrogen (secondary N) is 1. The van der Waals surface area contributed by atoms with E-state index in [1.807, 2.05) is 0 Å². The van der Waals surface area contributed by atoms with Crippen LogP contribution in [-0.4, -0.2) is 15.9 Å². The third-order valence-electron chi connectivity index (χ3n) is 2.07. The molecule has 0 saturated heterocycles. The maximum absolute atomic E-state index is 10.7. The molecular formula is C8H14INO. The van der Waals surface area contributed by atoms with Crippen LogP contribution in [0.15, 0.2) is 0 Å². The number of halogens is 1. The van der Waals surface area contributed by atoms with Gasteiger partial charge in [0.25, 0.3) is 0 Å². The molecule has 0 spiro atoms. The molecule has 0 aliphatic heterocycles. The van der Waals surface area contributed by atoms with Gasteiger partial charge in [-0.1, -0.05) is 35.4 Å². The van der Waals surface area contributed by atoms with Crippen LogP contribution in [0.5, 0.6) is 0 Å². The van der Waals surface area contributed by atoms with Gasteiger partial charge in [0.2, 0.25) is 5.91 Å². The zero-order chi connectivity index (χ0) is 8.27. The van der Waals surface area contributed by atoms with E-state index in [0.717, 1.165) is 6.42 Å². The first-order chi connectivity index (χ1) is 5.20. The van der Waals surface area contributed by atoms with E-state index in [0.29, 0.717) is 9.97 Å². The van der Waals surface area contributed by atoms with Gasteiger partial charge >= 0.3 is 0 Å². The molecule has 64 valence electrons. The molecule has 11 heavy (non-hydrogen) atoms. The Bertz CT molecular complexity index is 149. The van der Waals surface area contributed by atoms with Crippen LogP contribution < -0.4 is 5.32 Å². The molecule has 1 saturated carbocycles. The van der Waals surface area contributed by atoms with E-state index < -0.39 is 0 Å². The molecule has 1 rings (SSSR count). The zero-order valence-corrected chi connectivity index (χ0v) is 8.93. The number of alkyl halides is 1. The predicted octanol–water partition coefficient (Wildman–Crippen LogP) is 1.87. The van der Waals surface area contributed by atoms with Crippen LogP contribution in [0.3, 0.4) is 0 Å². The summed E-state index contributed by atoms with van der Waals surface area (Å²) in [6.07, 6.45) is 5.01. The van der Waals surface area contributed by atoms with E-state index in [1.165, 1.54) is 19.3 Å². The average molecular weight is 267 g/mol. The van der Waals surface area contributed by atoms with Crippen molar-refractivity contribution < 1.29 is 4.79 Å². The molecule has 0 aromatic carbocycles. The lowest BCUT2D eigenvalue weighted by molar-refractivity contribution is -0.119. The van der Waals surface area contributed by atoms with Gasteiger partial charge in [0.1, 0.15) is 0 Å². The number of hydrogen-bond acceptors (Lipinski definition) is 1. The Morgan fingerprint density at radius 3 is 2.64 bits per heavy atom. The van der Waals surface area contributed by atoms with Gasteiger partial charge in [-0.3, -0.25) is 4.79 Å². The Balaban J connectivity index is 2.35. The number of amides is 1. The summed E-state index contributed by atoms with van der Waals surface area (Å²) >= 11 is 2.44. The van der Waals surface area contributed by atoms with E-state index >= 15 is 0 Å². The van der Waals surface area contributed by atoms with E-state index in [-0.39, 0.29) is 5.91 Å². The van der Waals surface area contributed by atoms with E-state index in [2.05, 4.69) is 27.9 Å². The Morgan fingerprint density at radius 2 is 2.09 bits per heavy atom. The molecule has 0 aromatic rings. The monoisotopic (exact) mass is 267 g/mol. The fourth-order valence-electron chi connectivity index (χ4n) is 1.51. The number of carbonyl (C=O) groups excluding carboxylic acids is 1. The molecule has 1 amide bonds. The summed E-state index contributed by atoms with van der Waals surface area (Å²) in [5.74, 6) is 0.110. The third-order valence-corrected chi connectivity index (χ3v) is 3.56. The topological polar surface area (TPSA) is 29.1 Å². The molecule has 2 atom stereocenters. The predicted molar refractivity (Wildman–Crippen MR) is 53.9 cm³/mol. The second kappa shape index (κ2) is 4.28. The summed E-state index contributed by atoms with van der Waals surface area (Å²) in [7, 11) is 0. The van der Waals surface area contributed by atoms with Gasteiger partial charge in [0.15, 0.2) is 0 Å². The second-order valence-corrected chi connectivity index (χ2v) is 4.71. The molecular weight excluding hydrogens is 253 g/mol. The Morgan fingerprint density at radius 1 is 1.45 bits per heavy atom. The van der Waals surface area contributed by atoms with Gasteiger partial charge in [-0.05, 0) is 12.8 Å². The highest BCUT2D eigenvalue weighted by Crippen LogP contribution is 2.24. The molecule has 1 N–H and O–H groups in total. The van der Waals surface area contributed by atoms with Crippen LogP contribution in [-0.2, 0) is 4.79 Å². The lowest BCUT2D eigenvalue weighted by Gasteiger charge is -2.27. The van der Waals surface area contributed by atoms with Crippen molar-refractivity contribution >= 4 is 28.5 Å². The standard InChI is InChI=1S/C8H14INO/c1-6(11)10-8-5-3-2-4-7(8)9/h7-8H,2-5H2,1H3,(H,10,11). The van der Waals surface area contributed by atoms with Gasteiger partial charge < -0.3 is 5.32 Å². The summed E-state index contributed by atoms with van der Waals surface area (Å²) in [6, 6.07) is 0.432. The fraction of sp³-hybridized carbons (Fsp3) is 0.875. The maximum atomic E-state index is 10.7. The Hall–Kier alpha value is 0.200. The smallest absolute Gasteiger partial charge is 0.217 e. The minimum absolute atomic E-state index is 0.110. The highest BCUT2D eigenvalue weighted by atomic mass is 127. The molecule has 1 fully saturated rings. The van der Waals surface area contributed by atoms with Gasteiger partial charge in [0.05, 0.1) is 0 Å². The lowest BCUT2D eigenvalue weighted by Crippen LogP contribution is -2.41. The maximum Gasteiger partial charge on any atom is 0.217 e. The van der Waals surface area contributed by atoms with Crippen molar-refractivity contribution in [3.8, 4) is 0 Å². The Kier molecular flexibility index (Phi) is 3.62. The Labute approximate surface area is 81.3 Å². The summed E-state index contributed by atoms with van der Waals surface area (Å²) in [5, 5.41) is 2.99. The third kappa shape index (κ3) is 2.97. The highest BCUT2D eigenvalue weighted by molar-refractivity contribution is 14.1. The first kappa shape index (κ1) is 9.29. The largest absolute Gasteiger partial charge is 0.353 e. The SMILES string of the molecule is CC(=O)NC1CCCCC1I. The molecule has 0 radical (unpaired) electrons. The zero-order valence-electron chi connectivity index (χ0n) is 6.77. The molecule has 0 bridgehead atoms. The molecule has 0 aromatic heterocycles. The first-order valence-corrected chi connectivity index (χ1v) is 5.36. The minimum atomic E-state index is 0.110. The van der Waals surface area contributed by atoms with Gasteiger partial charge in [0, 0.05) is 16.9 Å². The average Bonchev–Trinajstić information content (AvgIpc) is 1.93. The van der Waals surface area contributed by atoms with E-state index in [1.54, 1.807) is 6.92 Å². The first-order valence-electron chi connectivity index (χ1n) is 4.11. The highest BCUT2D eigenvalue weighted by Gasteiger charge is 2.22. The van der Waals surface area contributed by atoms with Crippen LogP contribution in [0.25, 0.3) is 0 Å². The normalized spacial score (nSPS) is 31.5. The van der Waals surface area contributed by atoms with Crippen molar-refractivity contribution in [1.82, 2.24) is 5.32 Å². The van der Waals surface area contributed by atoms with Gasteiger partial charge in [-0.25, -0.2) is 0 Å². The molecule has 3 heteroatoms. The summed E-state index contributed by atoms with van der Waals surface area (Å²) in [4.78, 5) is 10.7. The molecule has 1 aliphatic carbocycles. The molecule has 2 nitrogen and oxygen atoms in total. The van der Waals surface area contributed by atoms with Gasteiger partial charge in [-0.15, -0.1) is 0 Å². The van der Waals surface area contributed by atoms with E-state index in [4.69, 9.17) is 0 Å². The molecule has 0 heterocycles. The molecule has 2 unspecified atom stereocenters. The van der Waals surface area contributed by atoms with Crippen LogP contribution in [0.1, 0.15) is 32.6 Å². The van der Waals surface area contributed by atoms with Crippen molar-refractivity contribution in [2.24, 2.45) is 0 Å². The van der Waals surface area contributed by atoms with Crippen molar-refractivity contribution in [3.63, 3.8) is 0 Å². The van der Waals surface area contributed by atoms with Crippen LogP contribution >= 0.6 is 22.6 Å². The summed E-state index contributed by atoms with van der Waals surface area (Å²) in [6.45, 7) is 1.60. The summed E-state index contributed by atoms with van der Waals surface area (Å²) in [5.41, 5.74) is 0. The summed E-state index contributed by atoms with van der Waals surface area (Å²) < 4.78 is 0.644. The second-order valence-electron chi connectivity index (χ2n) is 3.11. The molecule has 1 aliphatic rings.